The number of hydrogen-bond donors (Lipinski definition) is 0. The summed E-state index contributed by atoms with van der Waals surface area (Å²) < 4.78 is 6.52. The maximum absolute atomic E-state index is 6.52. The number of nitrogens with zero attached hydrogens (tertiary/aromatic N) is 3. The van der Waals surface area contributed by atoms with Crippen LogP contribution in [0, 0.1) is 0 Å². The van der Waals surface area contributed by atoms with E-state index in [0.29, 0.717) is 17.5 Å². The summed E-state index contributed by atoms with van der Waals surface area (Å²) in [6.07, 6.45) is 0. The average molecular weight is 652 g/mol. The van der Waals surface area contributed by atoms with Gasteiger partial charge in [-0.2, -0.15) is 0 Å². The van der Waals surface area contributed by atoms with Crippen molar-refractivity contribution in [2.45, 2.75) is 0 Å². The van der Waals surface area contributed by atoms with Gasteiger partial charge in [0, 0.05) is 27.5 Å². The van der Waals surface area contributed by atoms with E-state index in [0.717, 1.165) is 65.9 Å². The van der Waals surface area contributed by atoms with Crippen molar-refractivity contribution in [3.8, 4) is 56.4 Å². The zero-order valence-electron chi connectivity index (χ0n) is 27.5. The molecule has 0 amide bonds. The summed E-state index contributed by atoms with van der Waals surface area (Å²) in [7, 11) is 0. The molecule has 0 atom stereocenters. The summed E-state index contributed by atoms with van der Waals surface area (Å²) in [5.74, 6) is 1.87. The first-order valence-electron chi connectivity index (χ1n) is 17.1. The Bertz CT molecular complexity index is 2900. The van der Waals surface area contributed by atoms with E-state index in [1.54, 1.807) is 0 Å². The molecule has 2 aromatic heterocycles. The second kappa shape index (κ2) is 11.9. The van der Waals surface area contributed by atoms with Crippen molar-refractivity contribution in [3.63, 3.8) is 0 Å². The predicted molar refractivity (Wildman–Crippen MR) is 209 cm³/mol. The van der Waals surface area contributed by atoms with Crippen molar-refractivity contribution in [1.29, 1.82) is 0 Å². The van der Waals surface area contributed by atoms with Gasteiger partial charge in [0.2, 0.25) is 0 Å². The molecular weight excluding hydrogens is 623 g/mol. The second-order valence-electron chi connectivity index (χ2n) is 12.8. The normalized spacial score (nSPS) is 11.5. The van der Waals surface area contributed by atoms with Crippen molar-refractivity contribution in [2.75, 3.05) is 0 Å². The molecule has 2 heterocycles. The van der Waals surface area contributed by atoms with E-state index in [-0.39, 0.29) is 0 Å². The lowest BCUT2D eigenvalue weighted by atomic mass is 9.95. The third-order valence-corrected chi connectivity index (χ3v) is 9.69. The lowest BCUT2D eigenvalue weighted by molar-refractivity contribution is 0.669. The number of benzene rings is 8. The second-order valence-corrected chi connectivity index (χ2v) is 12.8. The van der Waals surface area contributed by atoms with Crippen LogP contribution in [0.2, 0.25) is 0 Å². The van der Waals surface area contributed by atoms with E-state index >= 15 is 0 Å². The molecule has 10 rings (SSSR count). The quantitative estimate of drug-likeness (QED) is 0.186. The van der Waals surface area contributed by atoms with Gasteiger partial charge in [-0.25, -0.2) is 15.0 Å². The van der Waals surface area contributed by atoms with Gasteiger partial charge in [0.15, 0.2) is 17.5 Å². The van der Waals surface area contributed by atoms with E-state index in [2.05, 4.69) is 121 Å². The molecule has 0 saturated heterocycles. The van der Waals surface area contributed by atoms with Crippen molar-refractivity contribution in [2.24, 2.45) is 0 Å². The highest BCUT2D eigenvalue weighted by Crippen LogP contribution is 2.41. The Labute approximate surface area is 294 Å². The molecule has 0 spiro atoms. The SMILES string of the molecule is c1ccc(-c2ccc3cc(-c4nc(-c5ccccc5)nc(-c5ccc6oc7cc(-c8ccccc8)c8ccccc8c7c6c5)n4)ccc3c2)cc1. The maximum atomic E-state index is 6.52. The number of hydrogen-bond acceptors (Lipinski definition) is 4. The maximum Gasteiger partial charge on any atom is 0.164 e. The van der Waals surface area contributed by atoms with Gasteiger partial charge in [-0.05, 0) is 80.2 Å². The molecule has 0 saturated carbocycles. The van der Waals surface area contributed by atoms with E-state index in [4.69, 9.17) is 19.4 Å². The fourth-order valence-electron chi connectivity index (χ4n) is 7.18. The number of furan rings is 1. The van der Waals surface area contributed by atoms with Crippen LogP contribution < -0.4 is 0 Å². The first-order valence-corrected chi connectivity index (χ1v) is 17.1. The van der Waals surface area contributed by atoms with Crippen LogP contribution in [-0.4, -0.2) is 15.0 Å². The molecule has 0 aliphatic heterocycles. The van der Waals surface area contributed by atoms with Crippen LogP contribution in [0.3, 0.4) is 0 Å². The summed E-state index contributed by atoms with van der Waals surface area (Å²) in [6.45, 7) is 0. The average Bonchev–Trinajstić information content (AvgIpc) is 3.59. The topological polar surface area (TPSA) is 51.8 Å². The largest absolute Gasteiger partial charge is 0.456 e. The lowest BCUT2D eigenvalue weighted by Crippen LogP contribution is -2.00. The van der Waals surface area contributed by atoms with Crippen molar-refractivity contribution in [1.82, 2.24) is 15.0 Å². The monoisotopic (exact) mass is 651 g/mol. The van der Waals surface area contributed by atoms with E-state index < -0.39 is 0 Å². The Morgan fingerprint density at radius 1 is 0.314 bits per heavy atom. The Kier molecular flexibility index (Phi) is 6.78. The number of rotatable bonds is 5. The molecule has 0 N–H and O–H groups in total. The van der Waals surface area contributed by atoms with Crippen LogP contribution in [0.1, 0.15) is 0 Å². The van der Waals surface area contributed by atoms with E-state index in [1.165, 1.54) is 16.5 Å². The Balaban J connectivity index is 1.13. The van der Waals surface area contributed by atoms with Crippen molar-refractivity contribution in [3.05, 3.63) is 176 Å². The third-order valence-electron chi connectivity index (χ3n) is 9.69. The molecule has 0 aliphatic carbocycles. The smallest absolute Gasteiger partial charge is 0.164 e. The zero-order chi connectivity index (χ0) is 33.7. The van der Waals surface area contributed by atoms with E-state index in [1.807, 2.05) is 54.6 Å². The van der Waals surface area contributed by atoms with Gasteiger partial charge < -0.3 is 4.42 Å². The Morgan fingerprint density at radius 2 is 0.824 bits per heavy atom. The molecule has 8 aromatic carbocycles. The zero-order valence-corrected chi connectivity index (χ0v) is 27.5. The standard InChI is InChI=1S/C47H29N3O/c1-4-12-30(13-5-1)33-20-21-35-27-36(23-22-34(35)26-33)46-48-45(32-16-8-3-9-17-32)49-47(50-46)37-24-25-42-41(28-37)44-39-19-11-10-18-38(39)40(29-43(44)51-42)31-14-6-2-7-15-31/h1-29H. The van der Waals surface area contributed by atoms with Gasteiger partial charge in [-0.3, -0.25) is 0 Å². The summed E-state index contributed by atoms with van der Waals surface area (Å²) in [5, 5.41) is 6.74. The Morgan fingerprint density at radius 3 is 1.51 bits per heavy atom. The molecule has 0 unspecified atom stereocenters. The van der Waals surface area contributed by atoms with Crippen molar-refractivity contribution >= 4 is 43.5 Å². The predicted octanol–water partition coefficient (Wildman–Crippen LogP) is 12.4. The molecule has 51 heavy (non-hydrogen) atoms. The van der Waals surface area contributed by atoms with E-state index in [9.17, 15) is 0 Å². The van der Waals surface area contributed by atoms with Crippen molar-refractivity contribution < 1.29 is 4.42 Å². The highest BCUT2D eigenvalue weighted by Gasteiger charge is 2.18. The molecule has 238 valence electrons. The highest BCUT2D eigenvalue weighted by atomic mass is 16.3. The molecule has 0 fully saturated rings. The molecule has 0 bridgehead atoms. The third kappa shape index (κ3) is 5.13. The molecule has 0 radical (unpaired) electrons. The molecule has 0 aliphatic rings. The van der Waals surface area contributed by atoms with Crippen LogP contribution >= 0.6 is 0 Å². The van der Waals surface area contributed by atoms with Gasteiger partial charge in [0.05, 0.1) is 0 Å². The fraction of sp³-hybridized carbons (Fsp3) is 0. The summed E-state index contributed by atoms with van der Waals surface area (Å²) in [6, 6.07) is 61.1. The van der Waals surface area contributed by atoms with Crippen LogP contribution in [0.25, 0.3) is 99.9 Å². The summed E-state index contributed by atoms with van der Waals surface area (Å²) in [4.78, 5) is 15.2. The summed E-state index contributed by atoms with van der Waals surface area (Å²) in [5.41, 5.74) is 9.15. The van der Waals surface area contributed by atoms with Crippen LogP contribution in [0.4, 0.5) is 0 Å². The first-order chi connectivity index (χ1) is 25.2. The number of aromatic nitrogens is 3. The Hall–Kier alpha value is -6.91. The minimum absolute atomic E-state index is 0.611. The highest BCUT2D eigenvalue weighted by molar-refractivity contribution is 6.22. The summed E-state index contributed by atoms with van der Waals surface area (Å²) >= 11 is 0. The minimum Gasteiger partial charge on any atom is -0.456 e. The van der Waals surface area contributed by atoms with Gasteiger partial charge in [-0.1, -0.05) is 140 Å². The van der Waals surface area contributed by atoms with Gasteiger partial charge >= 0.3 is 0 Å². The van der Waals surface area contributed by atoms with Crippen LogP contribution in [0.15, 0.2) is 180 Å². The molecule has 4 heteroatoms. The fourth-order valence-corrected chi connectivity index (χ4v) is 7.18. The van der Waals surface area contributed by atoms with Crippen LogP contribution in [-0.2, 0) is 0 Å². The molecule has 10 aromatic rings. The van der Waals surface area contributed by atoms with Gasteiger partial charge in [0.25, 0.3) is 0 Å². The van der Waals surface area contributed by atoms with Gasteiger partial charge in [0.1, 0.15) is 11.2 Å². The van der Waals surface area contributed by atoms with Crippen LogP contribution in [0.5, 0.6) is 0 Å². The van der Waals surface area contributed by atoms with Gasteiger partial charge in [-0.15, -0.1) is 0 Å². The lowest BCUT2D eigenvalue weighted by Gasteiger charge is -2.10. The molecular formula is C47H29N3O. The number of fused-ring (bicyclic) bond motifs is 6. The molecule has 4 nitrogen and oxygen atoms in total. The first kappa shape index (κ1) is 29.0. The minimum atomic E-state index is 0.611.